The first-order valence-corrected chi connectivity index (χ1v) is 5.52. The van der Waals surface area contributed by atoms with Gasteiger partial charge in [0.05, 0.1) is 12.1 Å². The molecule has 2 nitrogen and oxygen atoms in total. The SMILES string of the molecule is COc1cc(C(C)CCN)c(C)cc1Cl. The molecule has 1 atom stereocenters. The summed E-state index contributed by atoms with van der Waals surface area (Å²) in [6.45, 7) is 4.93. The number of rotatable bonds is 4. The largest absolute Gasteiger partial charge is 0.495 e. The molecule has 2 N–H and O–H groups in total. The molecule has 0 radical (unpaired) electrons. The third-order valence-electron chi connectivity index (χ3n) is 2.67. The molecule has 0 saturated carbocycles. The van der Waals surface area contributed by atoms with Gasteiger partial charge in [-0.25, -0.2) is 0 Å². The van der Waals surface area contributed by atoms with Crippen molar-refractivity contribution in [3.63, 3.8) is 0 Å². The molecule has 0 aliphatic heterocycles. The highest BCUT2D eigenvalue weighted by molar-refractivity contribution is 6.32. The molecule has 0 aromatic heterocycles. The standard InChI is InChI=1S/C12H18ClNO/c1-8(4-5-14)10-7-12(15-3)11(13)6-9(10)2/h6-8H,4-5,14H2,1-3H3. The Balaban J connectivity index is 3.06. The van der Waals surface area contributed by atoms with Crippen molar-refractivity contribution in [1.29, 1.82) is 0 Å². The molecular weight excluding hydrogens is 210 g/mol. The fourth-order valence-electron chi connectivity index (χ4n) is 1.76. The summed E-state index contributed by atoms with van der Waals surface area (Å²) in [5.41, 5.74) is 8.02. The molecule has 3 heteroatoms. The van der Waals surface area contributed by atoms with Crippen LogP contribution in [-0.4, -0.2) is 13.7 Å². The zero-order valence-corrected chi connectivity index (χ0v) is 10.3. The molecule has 1 unspecified atom stereocenters. The zero-order chi connectivity index (χ0) is 11.4. The Morgan fingerprint density at radius 2 is 2.13 bits per heavy atom. The molecule has 0 spiro atoms. The maximum atomic E-state index is 6.03. The van der Waals surface area contributed by atoms with E-state index in [4.69, 9.17) is 22.1 Å². The number of benzene rings is 1. The molecule has 84 valence electrons. The summed E-state index contributed by atoms with van der Waals surface area (Å²) in [6, 6.07) is 3.96. The Morgan fingerprint density at radius 3 is 2.67 bits per heavy atom. The number of methoxy groups -OCH3 is 1. The topological polar surface area (TPSA) is 35.2 Å². The molecule has 15 heavy (non-hydrogen) atoms. The molecule has 1 aromatic rings. The average Bonchev–Trinajstić information content (AvgIpc) is 2.18. The van der Waals surface area contributed by atoms with Crippen molar-refractivity contribution in [2.24, 2.45) is 5.73 Å². The van der Waals surface area contributed by atoms with Crippen molar-refractivity contribution < 1.29 is 4.74 Å². The Labute approximate surface area is 96.4 Å². The molecular formula is C12H18ClNO. The van der Waals surface area contributed by atoms with E-state index in [0.717, 1.165) is 12.2 Å². The van der Waals surface area contributed by atoms with Gasteiger partial charge in [-0.15, -0.1) is 0 Å². The van der Waals surface area contributed by atoms with E-state index < -0.39 is 0 Å². The first-order chi connectivity index (χ1) is 7.10. The summed E-state index contributed by atoms with van der Waals surface area (Å²) in [6.07, 6.45) is 0.978. The van der Waals surface area contributed by atoms with Crippen molar-refractivity contribution in [1.82, 2.24) is 0 Å². The number of hydrogen-bond donors (Lipinski definition) is 1. The summed E-state index contributed by atoms with van der Waals surface area (Å²) in [5.74, 6) is 1.18. The summed E-state index contributed by atoms with van der Waals surface area (Å²) >= 11 is 6.03. The predicted molar refractivity (Wildman–Crippen MR) is 64.8 cm³/mol. The second-order valence-corrected chi connectivity index (χ2v) is 4.23. The van der Waals surface area contributed by atoms with Crippen molar-refractivity contribution in [2.75, 3.05) is 13.7 Å². The van der Waals surface area contributed by atoms with Gasteiger partial charge in [0.1, 0.15) is 5.75 Å². The van der Waals surface area contributed by atoms with Crippen molar-refractivity contribution in [2.45, 2.75) is 26.2 Å². The molecule has 0 bridgehead atoms. The summed E-state index contributed by atoms with van der Waals surface area (Å²) in [4.78, 5) is 0. The van der Waals surface area contributed by atoms with Gasteiger partial charge in [0, 0.05) is 0 Å². The van der Waals surface area contributed by atoms with E-state index in [-0.39, 0.29) is 0 Å². The van der Waals surface area contributed by atoms with Crippen LogP contribution in [0.5, 0.6) is 5.75 Å². The van der Waals surface area contributed by atoms with Gasteiger partial charge < -0.3 is 10.5 Å². The molecule has 0 aliphatic carbocycles. The smallest absolute Gasteiger partial charge is 0.137 e. The van der Waals surface area contributed by atoms with Crippen LogP contribution in [-0.2, 0) is 0 Å². The van der Waals surface area contributed by atoms with E-state index in [1.165, 1.54) is 11.1 Å². The van der Waals surface area contributed by atoms with E-state index >= 15 is 0 Å². The van der Waals surface area contributed by atoms with Crippen LogP contribution in [0.15, 0.2) is 12.1 Å². The highest BCUT2D eigenvalue weighted by Gasteiger charge is 2.11. The number of halogens is 1. The third kappa shape index (κ3) is 2.86. The minimum Gasteiger partial charge on any atom is -0.495 e. The number of ether oxygens (including phenoxy) is 1. The average molecular weight is 228 g/mol. The minimum absolute atomic E-state index is 0.446. The van der Waals surface area contributed by atoms with Crippen LogP contribution in [0.1, 0.15) is 30.4 Å². The lowest BCUT2D eigenvalue weighted by Crippen LogP contribution is -2.06. The second-order valence-electron chi connectivity index (χ2n) is 3.82. The van der Waals surface area contributed by atoms with E-state index in [1.807, 2.05) is 12.1 Å². The van der Waals surface area contributed by atoms with Gasteiger partial charge in [-0.3, -0.25) is 0 Å². The maximum Gasteiger partial charge on any atom is 0.137 e. The summed E-state index contributed by atoms with van der Waals surface area (Å²) in [7, 11) is 1.63. The highest BCUT2D eigenvalue weighted by atomic mass is 35.5. The lowest BCUT2D eigenvalue weighted by atomic mass is 9.93. The van der Waals surface area contributed by atoms with Crippen molar-refractivity contribution >= 4 is 11.6 Å². The lowest BCUT2D eigenvalue weighted by Gasteiger charge is -2.16. The van der Waals surface area contributed by atoms with Gasteiger partial charge in [-0.1, -0.05) is 18.5 Å². The van der Waals surface area contributed by atoms with Crippen molar-refractivity contribution in [3.05, 3.63) is 28.3 Å². The van der Waals surface area contributed by atoms with Gasteiger partial charge in [-0.2, -0.15) is 0 Å². The van der Waals surface area contributed by atoms with Crippen LogP contribution in [0.4, 0.5) is 0 Å². The first kappa shape index (κ1) is 12.3. The molecule has 0 aliphatic rings. The fraction of sp³-hybridized carbons (Fsp3) is 0.500. The van der Waals surface area contributed by atoms with E-state index in [1.54, 1.807) is 7.11 Å². The number of aryl methyl sites for hydroxylation is 1. The number of nitrogens with two attached hydrogens (primary N) is 1. The summed E-state index contributed by atoms with van der Waals surface area (Å²) in [5, 5.41) is 0.665. The Morgan fingerprint density at radius 1 is 1.47 bits per heavy atom. The molecule has 0 saturated heterocycles. The zero-order valence-electron chi connectivity index (χ0n) is 9.51. The molecule has 0 heterocycles. The first-order valence-electron chi connectivity index (χ1n) is 5.14. The molecule has 1 rings (SSSR count). The quantitative estimate of drug-likeness (QED) is 0.858. The van der Waals surface area contributed by atoms with E-state index in [2.05, 4.69) is 13.8 Å². The normalized spacial score (nSPS) is 12.6. The van der Waals surface area contributed by atoms with Crippen LogP contribution in [0.3, 0.4) is 0 Å². The monoisotopic (exact) mass is 227 g/mol. The lowest BCUT2D eigenvalue weighted by molar-refractivity contribution is 0.414. The van der Waals surface area contributed by atoms with Gasteiger partial charge in [0.2, 0.25) is 0 Å². The van der Waals surface area contributed by atoms with E-state index in [0.29, 0.717) is 17.5 Å². The van der Waals surface area contributed by atoms with Crippen LogP contribution >= 0.6 is 11.6 Å². The second kappa shape index (κ2) is 5.38. The van der Waals surface area contributed by atoms with Crippen molar-refractivity contribution in [3.8, 4) is 5.75 Å². The van der Waals surface area contributed by atoms with Crippen LogP contribution in [0.25, 0.3) is 0 Å². The van der Waals surface area contributed by atoms with E-state index in [9.17, 15) is 0 Å². The minimum atomic E-state index is 0.446. The van der Waals surface area contributed by atoms with Gasteiger partial charge in [0.15, 0.2) is 0 Å². The highest BCUT2D eigenvalue weighted by Crippen LogP contribution is 2.32. The Kier molecular flexibility index (Phi) is 4.43. The summed E-state index contributed by atoms with van der Waals surface area (Å²) < 4.78 is 5.21. The Bertz CT molecular complexity index is 339. The fourth-order valence-corrected chi connectivity index (χ4v) is 2.06. The maximum absolute atomic E-state index is 6.03. The van der Waals surface area contributed by atoms with Crippen LogP contribution < -0.4 is 10.5 Å². The molecule has 0 fully saturated rings. The molecule has 1 aromatic carbocycles. The molecule has 0 amide bonds. The van der Waals surface area contributed by atoms with Crippen LogP contribution in [0, 0.1) is 6.92 Å². The van der Waals surface area contributed by atoms with Gasteiger partial charge >= 0.3 is 0 Å². The van der Waals surface area contributed by atoms with Gasteiger partial charge in [-0.05, 0) is 49.1 Å². The third-order valence-corrected chi connectivity index (χ3v) is 2.97. The Hall–Kier alpha value is -0.730. The predicted octanol–water partition coefficient (Wildman–Crippen LogP) is 3.11. The van der Waals surface area contributed by atoms with Crippen LogP contribution in [0.2, 0.25) is 5.02 Å². The number of hydrogen-bond acceptors (Lipinski definition) is 2. The van der Waals surface area contributed by atoms with Gasteiger partial charge in [0.25, 0.3) is 0 Å².